The van der Waals surface area contributed by atoms with Crippen LogP contribution in [0.3, 0.4) is 0 Å². The Labute approximate surface area is 147 Å². The standard InChI is InChI=1S/C20H20ClNO2/c1-15-10-12-22(13-11-15)20(23)18-4-2-3-5-19(18)24-14-16-6-8-17(21)9-7-16/h2-9H,1,10-14H2. The Morgan fingerprint density at radius 1 is 1.08 bits per heavy atom. The van der Waals surface area contributed by atoms with E-state index in [-0.39, 0.29) is 5.91 Å². The quantitative estimate of drug-likeness (QED) is 0.754. The first-order valence-electron chi connectivity index (χ1n) is 8.05. The van der Waals surface area contributed by atoms with Crippen LogP contribution in [0.2, 0.25) is 5.02 Å². The van der Waals surface area contributed by atoms with E-state index in [0.29, 0.717) is 22.9 Å². The first kappa shape index (κ1) is 16.6. The topological polar surface area (TPSA) is 29.5 Å². The molecule has 1 saturated heterocycles. The molecule has 124 valence electrons. The molecule has 1 aliphatic heterocycles. The van der Waals surface area contributed by atoms with Crippen molar-refractivity contribution in [3.63, 3.8) is 0 Å². The van der Waals surface area contributed by atoms with Crippen LogP contribution in [-0.2, 0) is 6.61 Å². The van der Waals surface area contributed by atoms with Crippen LogP contribution in [-0.4, -0.2) is 23.9 Å². The number of piperidine rings is 1. The fourth-order valence-electron chi connectivity index (χ4n) is 2.71. The van der Waals surface area contributed by atoms with Crippen molar-refractivity contribution in [1.29, 1.82) is 0 Å². The van der Waals surface area contributed by atoms with Crippen molar-refractivity contribution >= 4 is 17.5 Å². The van der Waals surface area contributed by atoms with Gasteiger partial charge < -0.3 is 9.64 Å². The summed E-state index contributed by atoms with van der Waals surface area (Å²) in [5.74, 6) is 0.635. The first-order chi connectivity index (χ1) is 11.6. The molecule has 1 aliphatic rings. The predicted octanol–water partition coefficient (Wildman–Crippen LogP) is 4.71. The van der Waals surface area contributed by atoms with Gasteiger partial charge in [-0.3, -0.25) is 4.79 Å². The lowest BCUT2D eigenvalue weighted by Gasteiger charge is -2.28. The predicted molar refractivity (Wildman–Crippen MR) is 96.5 cm³/mol. The molecular formula is C20H20ClNO2. The van der Waals surface area contributed by atoms with Gasteiger partial charge in [-0.2, -0.15) is 0 Å². The smallest absolute Gasteiger partial charge is 0.257 e. The van der Waals surface area contributed by atoms with E-state index in [1.807, 2.05) is 53.4 Å². The summed E-state index contributed by atoms with van der Waals surface area (Å²) in [6.07, 6.45) is 1.75. The highest BCUT2D eigenvalue weighted by Crippen LogP contribution is 2.24. The summed E-state index contributed by atoms with van der Waals surface area (Å²) in [5.41, 5.74) is 2.83. The summed E-state index contributed by atoms with van der Waals surface area (Å²) in [6.45, 7) is 5.85. The molecular weight excluding hydrogens is 322 g/mol. The number of para-hydroxylation sites is 1. The molecule has 0 bridgehead atoms. The van der Waals surface area contributed by atoms with E-state index in [2.05, 4.69) is 6.58 Å². The van der Waals surface area contributed by atoms with Gasteiger partial charge in [0.05, 0.1) is 5.56 Å². The molecule has 2 aromatic carbocycles. The maximum atomic E-state index is 12.8. The van der Waals surface area contributed by atoms with E-state index in [9.17, 15) is 4.79 Å². The number of halogens is 1. The molecule has 0 unspecified atom stereocenters. The van der Waals surface area contributed by atoms with E-state index in [1.165, 1.54) is 5.57 Å². The van der Waals surface area contributed by atoms with Crippen LogP contribution < -0.4 is 4.74 Å². The molecule has 0 aliphatic carbocycles. The number of amides is 1. The highest BCUT2D eigenvalue weighted by Gasteiger charge is 2.22. The zero-order chi connectivity index (χ0) is 16.9. The van der Waals surface area contributed by atoms with Crippen LogP contribution in [0.5, 0.6) is 5.75 Å². The molecule has 3 nitrogen and oxygen atoms in total. The number of likely N-dealkylation sites (tertiary alicyclic amines) is 1. The van der Waals surface area contributed by atoms with Crippen molar-refractivity contribution in [1.82, 2.24) is 4.90 Å². The molecule has 0 aromatic heterocycles. The van der Waals surface area contributed by atoms with Gasteiger partial charge in [0.15, 0.2) is 0 Å². The zero-order valence-corrected chi connectivity index (χ0v) is 14.3. The van der Waals surface area contributed by atoms with Crippen LogP contribution in [0.15, 0.2) is 60.7 Å². The fourth-order valence-corrected chi connectivity index (χ4v) is 2.83. The van der Waals surface area contributed by atoms with E-state index in [4.69, 9.17) is 16.3 Å². The SMILES string of the molecule is C=C1CCN(C(=O)c2ccccc2OCc2ccc(Cl)cc2)CC1. The van der Waals surface area contributed by atoms with Crippen molar-refractivity contribution < 1.29 is 9.53 Å². The average Bonchev–Trinajstić information content (AvgIpc) is 2.61. The monoisotopic (exact) mass is 341 g/mol. The van der Waals surface area contributed by atoms with Crippen LogP contribution >= 0.6 is 11.6 Å². The highest BCUT2D eigenvalue weighted by atomic mass is 35.5. The number of carbonyl (C=O) groups is 1. The molecule has 0 atom stereocenters. The third-order valence-corrected chi connectivity index (χ3v) is 4.43. The molecule has 2 aromatic rings. The van der Waals surface area contributed by atoms with Crippen LogP contribution in [0.25, 0.3) is 0 Å². The van der Waals surface area contributed by atoms with Gasteiger partial charge in [0.1, 0.15) is 12.4 Å². The lowest BCUT2D eigenvalue weighted by molar-refractivity contribution is 0.0739. The number of ether oxygens (including phenoxy) is 1. The minimum absolute atomic E-state index is 0.0224. The number of hydrogen-bond donors (Lipinski definition) is 0. The number of benzene rings is 2. The summed E-state index contributed by atoms with van der Waals surface area (Å²) in [6, 6.07) is 14.9. The second-order valence-corrected chi connectivity index (χ2v) is 6.39. The summed E-state index contributed by atoms with van der Waals surface area (Å²) in [5, 5.41) is 0.695. The summed E-state index contributed by atoms with van der Waals surface area (Å²) < 4.78 is 5.89. The van der Waals surface area contributed by atoms with Crippen molar-refractivity contribution in [3.8, 4) is 5.75 Å². The molecule has 3 rings (SSSR count). The molecule has 1 heterocycles. The molecule has 1 fully saturated rings. The van der Waals surface area contributed by atoms with Crippen LogP contribution in [0, 0.1) is 0 Å². The van der Waals surface area contributed by atoms with Gasteiger partial charge in [-0.05, 0) is 42.7 Å². The van der Waals surface area contributed by atoms with Gasteiger partial charge in [-0.15, -0.1) is 0 Å². The Bertz CT molecular complexity index is 730. The largest absolute Gasteiger partial charge is 0.488 e. The Kier molecular flexibility index (Phi) is 5.21. The van der Waals surface area contributed by atoms with Crippen molar-refractivity contribution in [2.24, 2.45) is 0 Å². The summed E-state index contributed by atoms with van der Waals surface area (Å²) in [7, 11) is 0. The van der Waals surface area contributed by atoms with Crippen molar-refractivity contribution in [2.75, 3.05) is 13.1 Å². The minimum Gasteiger partial charge on any atom is -0.488 e. The van der Waals surface area contributed by atoms with E-state index in [0.717, 1.165) is 31.5 Å². The lowest BCUT2D eigenvalue weighted by Crippen LogP contribution is -2.36. The van der Waals surface area contributed by atoms with Crippen LogP contribution in [0.1, 0.15) is 28.8 Å². The zero-order valence-electron chi connectivity index (χ0n) is 13.5. The minimum atomic E-state index is 0.0224. The maximum absolute atomic E-state index is 12.8. The molecule has 0 saturated carbocycles. The lowest BCUT2D eigenvalue weighted by atomic mass is 10.0. The molecule has 0 spiro atoms. The Morgan fingerprint density at radius 2 is 1.75 bits per heavy atom. The number of rotatable bonds is 4. The highest BCUT2D eigenvalue weighted by molar-refractivity contribution is 6.30. The molecule has 24 heavy (non-hydrogen) atoms. The number of carbonyl (C=O) groups excluding carboxylic acids is 1. The van der Waals surface area contributed by atoms with E-state index in [1.54, 1.807) is 0 Å². The second-order valence-electron chi connectivity index (χ2n) is 5.95. The number of nitrogens with zero attached hydrogens (tertiary/aromatic N) is 1. The normalized spacial score (nSPS) is 14.5. The molecule has 1 amide bonds. The summed E-state index contributed by atoms with van der Waals surface area (Å²) in [4.78, 5) is 14.7. The molecule has 0 radical (unpaired) electrons. The molecule has 0 N–H and O–H groups in total. The molecule has 4 heteroatoms. The van der Waals surface area contributed by atoms with Gasteiger partial charge in [0, 0.05) is 18.1 Å². The maximum Gasteiger partial charge on any atom is 0.257 e. The van der Waals surface area contributed by atoms with E-state index >= 15 is 0 Å². The van der Waals surface area contributed by atoms with Gasteiger partial charge in [0.2, 0.25) is 0 Å². The van der Waals surface area contributed by atoms with Gasteiger partial charge in [0.25, 0.3) is 5.91 Å². The van der Waals surface area contributed by atoms with Crippen molar-refractivity contribution in [3.05, 3.63) is 76.8 Å². The third-order valence-electron chi connectivity index (χ3n) is 4.18. The van der Waals surface area contributed by atoms with Gasteiger partial charge in [-0.1, -0.05) is 48.0 Å². The Balaban J connectivity index is 1.71. The fraction of sp³-hybridized carbons (Fsp3) is 0.250. The first-order valence-corrected chi connectivity index (χ1v) is 8.43. The third kappa shape index (κ3) is 3.98. The Hall–Kier alpha value is -2.26. The average molecular weight is 342 g/mol. The van der Waals surface area contributed by atoms with Crippen molar-refractivity contribution in [2.45, 2.75) is 19.4 Å². The van der Waals surface area contributed by atoms with Gasteiger partial charge in [-0.25, -0.2) is 0 Å². The van der Waals surface area contributed by atoms with Gasteiger partial charge >= 0.3 is 0 Å². The van der Waals surface area contributed by atoms with Crippen LogP contribution in [0.4, 0.5) is 0 Å². The van der Waals surface area contributed by atoms with E-state index < -0.39 is 0 Å². The Morgan fingerprint density at radius 3 is 2.46 bits per heavy atom. The number of hydrogen-bond acceptors (Lipinski definition) is 2. The summed E-state index contributed by atoms with van der Waals surface area (Å²) >= 11 is 5.89. The second kappa shape index (κ2) is 7.54.